The van der Waals surface area contributed by atoms with Crippen molar-refractivity contribution in [1.82, 2.24) is 5.32 Å². The minimum absolute atomic E-state index is 0.476. The van der Waals surface area contributed by atoms with Crippen LogP contribution in [0.15, 0.2) is 24.3 Å². The standard InChI is InChI=1S/C16H23NO2/c1-3-12(2)14-6-4-13(5-7-14)10-17-11-16(8-9-16)15(18)19/h4-7,12,17H,3,8-11H2,1-2H3,(H,18,19). The number of carboxylic acids is 1. The van der Waals surface area contributed by atoms with E-state index < -0.39 is 11.4 Å². The first-order chi connectivity index (χ1) is 9.07. The van der Waals surface area contributed by atoms with Gasteiger partial charge >= 0.3 is 5.97 Å². The molecule has 1 aliphatic carbocycles. The summed E-state index contributed by atoms with van der Waals surface area (Å²) in [4.78, 5) is 11.0. The molecule has 0 saturated heterocycles. The van der Waals surface area contributed by atoms with Crippen molar-refractivity contribution in [2.45, 2.75) is 45.6 Å². The molecule has 0 heterocycles. The SMILES string of the molecule is CCC(C)c1ccc(CNCC2(C(=O)O)CC2)cc1. The van der Waals surface area contributed by atoms with Crippen molar-refractivity contribution in [2.24, 2.45) is 5.41 Å². The summed E-state index contributed by atoms with van der Waals surface area (Å²) in [5, 5.41) is 12.4. The Bertz CT molecular complexity index is 435. The second kappa shape index (κ2) is 5.74. The Labute approximate surface area is 115 Å². The van der Waals surface area contributed by atoms with Gasteiger partial charge in [-0.2, -0.15) is 0 Å². The van der Waals surface area contributed by atoms with E-state index in [2.05, 4.69) is 43.4 Å². The van der Waals surface area contributed by atoms with E-state index in [0.717, 1.165) is 25.8 Å². The molecular formula is C16H23NO2. The average Bonchev–Trinajstić information content (AvgIpc) is 3.20. The Balaban J connectivity index is 1.82. The number of carbonyl (C=O) groups is 1. The van der Waals surface area contributed by atoms with E-state index in [1.54, 1.807) is 0 Å². The van der Waals surface area contributed by atoms with Gasteiger partial charge in [0.05, 0.1) is 5.41 Å². The molecule has 19 heavy (non-hydrogen) atoms. The van der Waals surface area contributed by atoms with E-state index in [1.165, 1.54) is 11.1 Å². The molecule has 1 atom stereocenters. The Hall–Kier alpha value is -1.35. The fourth-order valence-corrected chi connectivity index (χ4v) is 2.26. The molecule has 2 rings (SSSR count). The van der Waals surface area contributed by atoms with Crippen LogP contribution in [0.2, 0.25) is 0 Å². The first-order valence-electron chi connectivity index (χ1n) is 7.10. The van der Waals surface area contributed by atoms with Gasteiger partial charge in [-0.25, -0.2) is 0 Å². The first-order valence-corrected chi connectivity index (χ1v) is 7.10. The van der Waals surface area contributed by atoms with Crippen LogP contribution in [0.5, 0.6) is 0 Å². The minimum Gasteiger partial charge on any atom is -0.481 e. The van der Waals surface area contributed by atoms with Crippen LogP contribution in [0.3, 0.4) is 0 Å². The minimum atomic E-state index is -0.660. The molecular weight excluding hydrogens is 238 g/mol. The van der Waals surface area contributed by atoms with E-state index in [9.17, 15) is 4.79 Å². The smallest absolute Gasteiger partial charge is 0.310 e. The molecule has 0 aliphatic heterocycles. The van der Waals surface area contributed by atoms with E-state index in [4.69, 9.17) is 5.11 Å². The summed E-state index contributed by atoms with van der Waals surface area (Å²) in [6.45, 7) is 5.75. The molecule has 2 N–H and O–H groups in total. The number of carboxylic acid groups (broad SMARTS) is 1. The Kier molecular flexibility index (Phi) is 4.25. The van der Waals surface area contributed by atoms with Crippen molar-refractivity contribution < 1.29 is 9.90 Å². The number of hydrogen-bond acceptors (Lipinski definition) is 2. The zero-order valence-corrected chi connectivity index (χ0v) is 11.8. The lowest BCUT2D eigenvalue weighted by molar-refractivity contribution is -0.143. The summed E-state index contributed by atoms with van der Waals surface area (Å²) in [6, 6.07) is 8.62. The van der Waals surface area contributed by atoms with Gasteiger partial charge in [0.25, 0.3) is 0 Å². The summed E-state index contributed by atoms with van der Waals surface area (Å²) >= 11 is 0. The van der Waals surface area contributed by atoms with Gasteiger partial charge in [0, 0.05) is 13.1 Å². The predicted molar refractivity (Wildman–Crippen MR) is 76.2 cm³/mol. The van der Waals surface area contributed by atoms with Crippen molar-refractivity contribution >= 4 is 5.97 Å². The summed E-state index contributed by atoms with van der Waals surface area (Å²) in [6.07, 6.45) is 2.77. The lowest BCUT2D eigenvalue weighted by Gasteiger charge is -2.12. The van der Waals surface area contributed by atoms with E-state index in [1.807, 2.05) is 0 Å². The van der Waals surface area contributed by atoms with Gasteiger partial charge in [-0.05, 0) is 36.3 Å². The zero-order valence-electron chi connectivity index (χ0n) is 11.8. The van der Waals surface area contributed by atoms with Crippen LogP contribution in [0.4, 0.5) is 0 Å². The lowest BCUT2D eigenvalue weighted by Crippen LogP contribution is -2.29. The Morgan fingerprint density at radius 2 is 2.00 bits per heavy atom. The van der Waals surface area contributed by atoms with E-state index in [-0.39, 0.29) is 0 Å². The van der Waals surface area contributed by atoms with Crippen molar-refractivity contribution in [2.75, 3.05) is 6.54 Å². The Morgan fingerprint density at radius 3 is 2.47 bits per heavy atom. The van der Waals surface area contributed by atoms with Crippen LogP contribution in [-0.4, -0.2) is 17.6 Å². The molecule has 1 aliphatic rings. The van der Waals surface area contributed by atoms with Gasteiger partial charge in [0.2, 0.25) is 0 Å². The van der Waals surface area contributed by atoms with Gasteiger partial charge in [0.15, 0.2) is 0 Å². The predicted octanol–water partition coefficient (Wildman–Crippen LogP) is 3.15. The maximum Gasteiger partial charge on any atom is 0.310 e. The number of nitrogens with one attached hydrogen (secondary N) is 1. The van der Waals surface area contributed by atoms with Crippen molar-refractivity contribution in [3.05, 3.63) is 35.4 Å². The van der Waals surface area contributed by atoms with Crippen LogP contribution in [0.25, 0.3) is 0 Å². The zero-order chi connectivity index (χ0) is 13.9. The van der Waals surface area contributed by atoms with Gasteiger partial charge in [-0.15, -0.1) is 0 Å². The molecule has 1 unspecified atom stereocenters. The average molecular weight is 261 g/mol. The van der Waals surface area contributed by atoms with Gasteiger partial charge in [-0.3, -0.25) is 4.79 Å². The van der Waals surface area contributed by atoms with Crippen LogP contribution < -0.4 is 5.32 Å². The summed E-state index contributed by atoms with van der Waals surface area (Å²) in [5.74, 6) is -0.0594. The fraction of sp³-hybridized carbons (Fsp3) is 0.562. The van der Waals surface area contributed by atoms with Gasteiger partial charge < -0.3 is 10.4 Å². The molecule has 3 nitrogen and oxygen atoms in total. The lowest BCUT2D eigenvalue weighted by atomic mass is 9.97. The van der Waals surface area contributed by atoms with E-state index in [0.29, 0.717) is 12.5 Å². The topological polar surface area (TPSA) is 49.3 Å². The van der Waals surface area contributed by atoms with Gasteiger partial charge in [0.1, 0.15) is 0 Å². The third kappa shape index (κ3) is 3.35. The second-order valence-electron chi connectivity index (χ2n) is 5.74. The largest absolute Gasteiger partial charge is 0.481 e. The highest BCUT2D eigenvalue weighted by molar-refractivity contribution is 5.78. The van der Waals surface area contributed by atoms with Crippen molar-refractivity contribution in [1.29, 1.82) is 0 Å². The van der Waals surface area contributed by atoms with Gasteiger partial charge in [-0.1, -0.05) is 38.1 Å². The number of rotatable bonds is 7. The van der Waals surface area contributed by atoms with Crippen molar-refractivity contribution in [3.8, 4) is 0 Å². The molecule has 104 valence electrons. The third-order valence-electron chi connectivity index (χ3n) is 4.26. The summed E-state index contributed by atoms with van der Waals surface area (Å²) < 4.78 is 0. The maximum atomic E-state index is 11.0. The Morgan fingerprint density at radius 1 is 1.37 bits per heavy atom. The monoisotopic (exact) mass is 261 g/mol. The quantitative estimate of drug-likeness (QED) is 0.792. The highest BCUT2D eigenvalue weighted by atomic mass is 16.4. The normalized spacial score (nSPS) is 18.0. The molecule has 1 aromatic carbocycles. The fourth-order valence-electron chi connectivity index (χ4n) is 2.26. The molecule has 0 amide bonds. The molecule has 0 radical (unpaired) electrons. The molecule has 1 fully saturated rings. The molecule has 0 spiro atoms. The highest BCUT2D eigenvalue weighted by Gasteiger charge is 2.49. The maximum absolute atomic E-state index is 11.0. The van der Waals surface area contributed by atoms with Crippen molar-refractivity contribution in [3.63, 3.8) is 0 Å². The second-order valence-corrected chi connectivity index (χ2v) is 5.74. The number of aliphatic carboxylic acids is 1. The van der Waals surface area contributed by atoms with Crippen LogP contribution in [0.1, 0.15) is 50.2 Å². The number of hydrogen-bond donors (Lipinski definition) is 2. The molecule has 0 bridgehead atoms. The van der Waals surface area contributed by atoms with Crippen LogP contribution >= 0.6 is 0 Å². The molecule has 3 heteroatoms. The molecule has 1 saturated carbocycles. The highest BCUT2D eigenvalue weighted by Crippen LogP contribution is 2.45. The molecule has 0 aromatic heterocycles. The van der Waals surface area contributed by atoms with Crippen LogP contribution in [-0.2, 0) is 11.3 Å². The molecule has 1 aromatic rings. The first kappa shape index (κ1) is 14.1. The summed E-state index contributed by atoms with van der Waals surface area (Å²) in [7, 11) is 0. The number of benzene rings is 1. The summed E-state index contributed by atoms with van der Waals surface area (Å²) in [5.41, 5.74) is 2.11. The third-order valence-corrected chi connectivity index (χ3v) is 4.26. The van der Waals surface area contributed by atoms with Crippen LogP contribution in [0, 0.1) is 5.41 Å². The van der Waals surface area contributed by atoms with E-state index >= 15 is 0 Å².